The Morgan fingerprint density at radius 1 is 1.46 bits per heavy atom. The molecule has 0 aromatic carbocycles. The van der Waals surface area contributed by atoms with E-state index in [-0.39, 0.29) is 0 Å². The zero-order chi connectivity index (χ0) is 9.68. The lowest BCUT2D eigenvalue weighted by Crippen LogP contribution is -2.39. The van der Waals surface area contributed by atoms with Gasteiger partial charge in [0.1, 0.15) is 0 Å². The highest BCUT2D eigenvalue weighted by atomic mass is 15.1. The molecule has 2 nitrogen and oxygen atoms in total. The molecule has 1 fully saturated rings. The van der Waals surface area contributed by atoms with E-state index in [2.05, 4.69) is 31.1 Å². The SMILES string of the molecule is CCNC(C)CCN(C)C1CCC1. The van der Waals surface area contributed by atoms with E-state index in [1.807, 2.05) is 0 Å². The molecule has 1 aliphatic carbocycles. The van der Waals surface area contributed by atoms with Crippen LogP contribution in [0.1, 0.15) is 39.5 Å². The third-order valence-corrected chi connectivity index (χ3v) is 3.17. The molecule has 0 heterocycles. The summed E-state index contributed by atoms with van der Waals surface area (Å²) in [6.07, 6.45) is 5.57. The van der Waals surface area contributed by atoms with Gasteiger partial charge in [0, 0.05) is 12.1 Å². The molecule has 0 bridgehead atoms. The fourth-order valence-corrected chi connectivity index (χ4v) is 1.86. The van der Waals surface area contributed by atoms with E-state index in [9.17, 15) is 0 Å². The molecule has 0 aromatic heterocycles. The van der Waals surface area contributed by atoms with Crippen molar-refractivity contribution >= 4 is 0 Å². The molecule has 1 rings (SSSR count). The van der Waals surface area contributed by atoms with Crippen LogP contribution in [0.4, 0.5) is 0 Å². The van der Waals surface area contributed by atoms with Crippen LogP contribution in [0, 0.1) is 0 Å². The van der Waals surface area contributed by atoms with Gasteiger partial charge in [-0.2, -0.15) is 0 Å². The summed E-state index contributed by atoms with van der Waals surface area (Å²) in [6.45, 7) is 6.79. The summed E-state index contributed by atoms with van der Waals surface area (Å²) in [4.78, 5) is 2.53. The maximum Gasteiger partial charge on any atom is 0.00922 e. The number of rotatable bonds is 6. The van der Waals surface area contributed by atoms with Crippen LogP contribution in [0.2, 0.25) is 0 Å². The summed E-state index contributed by atoms with van der Waals surface area (Å²) in [5.41, 5.74) is 0. The van der Waals surface area contributed by atoms with Gasteiger partial charge in [-0.3, -0.25) is 0 Å². The monoisotopic (exact) mass is 184 g/mol. The van der Waals surface area contributed by atoms with Gasteiger partial charge in [0.15, 0.2) is 0 Å². The van der Waals surface area contributed by atoms with E-state index in [1.165, 1.54) is 32.2 Å². The van der Waals surface area contributed by atoms with Crippen LogP contribution in [-0.2, 0) is 0 Å². The van der Waals surface area contributed by atoms with E-state index >= 15 is 0 Å². The molecule has 0 aliphatic heterocycles. The molecule has 2 heteroatoms. The Balaban J connectivity index is 2.03. The van der Waals surface area contributed by atoms with Gasteiger partial charge in [0.05, 0.1) is 0 Å². The average molecular weight is 184 g/mol. The molecule has 1 unspecified atom stereocenters. The zero-order valence-corrected chi connectivity index (χ0v) is 9.34. The van der Waals surface area contributed by atoms with E-state index in [1.54, 1.807) is 0 Å². The molecule has 1 aliphatic rings. The van der Waals surface area contributed by atoms with E-state index in [0.717, 1.165) is 12.6 Å². The third kappa shape index (κ3) is 3.65. The summed E-state index contributed by atoms with van der Waals surface area (Å²) in [5.74, 6) is 0. The Morgan fingerprint density at radius 3 is 2.62 bits per heavy atom. The van der Waals surface area contributed by atoms with Gasteiger partial charge in [0.2, 0.25) is 0 Å². The molecular formula is C11H24N2. The van der Waals surface area contributed by atoms with Crippen LogP contribution in [-0.4, -0.2) is 37.1 Å². The van der Waals surface area contributed by atoms with Crippen molar-refractivity contribution in [3.8, 4) is 0 Å². The Labute approximate surface area is 82.7 Å². The minimum atomic E-state index is 0.674. The first-order chi connectivity index (χ1) is 6.24. The third-order valence-electron chi connectivity index (χ3n) is 3.17. The van der Waals surface area contributed by atoms with Gasteiger partial charge in [-0.15, -0.1) is 0 Å². The van der Waals surface area contributed by atoms with Crippen molar-refractivity contribution in [2.75, 3.05) is 20.1 Å². The molecule has 0 radical (unpaired) electrons. The summed E-state index contributed by atoms with van der Waals surface area (Å²) in [5, 5.41) is 3.45. The van der Waals surface area contributed by atoms with Crippen molar-refractivity contribution in [3.63, 3.8) is 0 Å². The molecule has 78 valence electrons. The van der Waals surface area contributed by atoms with Gasteiger partial charge in [0.25, 0.3) is 0 Å². The second-order valence-corrected chi connectivity index (χ2v) is 4.31. The van der Waals surface area contributed by atoms with Crippen molar-refractivity contribution in [3.05, 3.63) is 0 Å². The summed E-state index contributed by atoms with van der Waals surface area (Å²) >= 11 is 0. The minimum Gasteiger partial charge on any atom is -0.314 e. The lowest BCUT2D eigenvalue weighted by Gasteiger charge is -2.35. The first kappa shape index (κ1) is 11.0. The molecule has 0 saturated heterocycles. The molecule has 13 heavy (non-hydrogen) atoms. The van der Waals surface area contributed by atoms with Crippen LogP contribution in [0.3, 0.4) is 0 Å². The topological polar surface area (TPSA) is 15.3 Å². The standard InChI is InChI=1S/C11H24N2/c1-4-12-10(2)8-9-13(3)11-6-5-7-11/h10-12H,4-9H2,1-3H3. The highest BCUT2D eigenvalue weighted by Gasteiger charge is 2.21. The van der Waals surface area contributed by atoms with Gasteiger partial charge in [-0.05, 0) is 46.3 Å². The molecular weight excluding hydrogens is 160 g/mol. The zero-order valence-electron chi connectivity index (χ0n) is 9.34. The number of nitrogens with one attached hydrogen (secondary N) is 1. The Morgan fingerprint density at radius 2 is 2.15 bits per heavy atom. The van der Waals surface area contributed by atoms with Crippen LogP contribution < -0.4 is 5.32 Å². The molecule has 0 amide bonds. The smallest absolute Gasteiger partial charge is 0.00922 e. The fourth-order valence-electron chi connectivity index (χ4n) is 1.86. The highest BCUT2D eigenvalue weighted by Crippen LogP contribution is 2.23. The molecule has 1 atom stereocenters. The van der Waals surface area contributed by atoms with Crippen LogP contribution >= 0.6 is 0 Å². The maximum atomic E-state index is 3.45. The van der Waals surface area contributed by atoms with Crippen molar-refractivity contribution in [1.29, 1.82) is 0 Å². The van der Waals surface area contributed by atoms with Gasteiger partial charge in [-0.1, -0.05) is 13.3 Å². The summed E-state index contributed by atoms with van der Waals surface area (Å²) in [7, 11) is 2.27. The van der Waals surface area contributed by atoms with Crippen molar-refractivity contribution < 1.29 is 0 Å². The summed E-state index contributed by atoms with van der Waals surface area (Å²) < 4.78 is 0. The Hall–Kier alpha value is -0.0800. The lowest BCUT2D eigenvalue weighted by atomic mass is 9.92. The van der Waals surface area contributed by atoms with Crippen molar-refractivity contribution in [2.24, 2.45) is 0 Å². The quantitative estimate of drug-likeness (QED) is 0.678. The first-order valence-corrected chi connectivity index (χ1v) is 5.67. The van der Waals surface area contributed by atoms with Gasteiger partial charge in [-0.25, -0.2) is 0 Å². The predicted molar refractivity (Wildman–Crippen MR) is 58.0 cm³/mol. The first-order valence-electron chi connectivity index (χ1n) is 5.67. The van der Waals surface area contributed by atoms with Gasteiger partial charge < -0.3 is 10.2 Å². The molecule has 0 aromatic rings. The highest BCUT2D eigenvalue weighted by molar-refractivity contribution is 4.78. The maximum absolute atomic E-state index is 3.45. The van der Waals surface area contributed by atoms with Crippen LogP contribution in [0.25, 0.3) is 0 Å². The van der Waals surface area contributed by atoms with Crippen LogP contribution in [0.5, 0.6) is 0 Å². The van der Waals surface area contributed by atoms with Crippen LogP contribution in [0.15, 0.2) is 0 Å². The van der Waals surface area contributed by atoms with E-state index < -0.39 is 0 Å². The molecule has 1 N–H and O–H groups in total. The van der Waals surface area contributed by atoms with Crippen molar-refractivity contribution in [1.82, 2.24) is 10.2 Å². The molecule has 0 spiro atoms. The van der Waals surface area contributed by atoms with E-state index in [0.29, 0.717) is 6.04 Å². The Kier molecular flexibility index (Phi) is 4.74. The largest absolute Gasteiger partial charge is 0.314 e. The predicted octanol–water partition coefficient (Wildman–Crippen LogP) is 1.86. The Bertz CT molecular complexity index is 132. The number of nitrogens with zero attached hydrogens (tertiary/aromatic N) is 1. The summed E-state index contributed by atoms with van der Waals surface area (Å²) in [6, 6.07) is 1.57. The van der Waals surface area contributed by atoms with Gasteiger partial charge >= 0.3 is 0 Å². The average Bonchev–Trinajstić information content (AvgIpc) is 1.98. The fraction of sp³-hybridized carbons (Fsp3) is 1.00. The number of hydrogen-bond donors (Lipinski definition) is 1. The second kappa shape index (κ2) is 5.61. The lowest BCUT2D eigenvalue weighted by molar-refractivity contribution is 0.154. The van der Waals surface area contributed by atoms with Crippen molar-refractivity contribution in [2.45, 2.75) is 51.6 Å². The van der Waals surface area contributed by atoms with E-state index in [4.69, 9.17) is 0 Å². The number of hydrogen-bond acceptors (Lipinski definition) is 2. The normalized spacial score (nSPS) is 20.3. The second-order valence-electron chi connectivity index (χ2n) is 4.31. The molecule has 1 saturated carbocycles. The minimum absolute atomic E-state index is 0.674.